The van der Waals surface area contributed by atoms with E-state index in [1.165, 1.54) is 11.1 Å². The molecule has 1 aromatic rings. The van der Waals surface area contributed by atoms with Crippen LogP contribution < -0.4 is 5.32 Å². The average molecular weight is 203 g/mol. The Morgan fingerprint density at radius 3 is 2.73 bits per heavy atom. The summed E-state index contributed by atoms with van der Waals surface area (Å²) < 4.78 is 0. The summed E-state index contributed by atoms with van der Waals surface area (Å²) in [6, 6.07) is 6.11. The van der Waals surface area contributed by atoms with Crippen LogP contribution in [0.15, 0.2) is 18.2 Å². The van der Waals surface area contributed by atoms with Gasteiger partial charge in [0.15, 0.2) is 0 Å². The summed E-state index contributed by atoms with van der Waals surface area (Å²) in [4.78, 5) is 9.98. The first-order chi connectivity index (χ1) is 7.13. The Morgan fingerprint density at radius 2 is 2.13 bits per heavy atom. The molecule has 3 heteroatoms. The van der Waals surface area contributed by atoms with Crippen molar-refractivity contribution in [1.29, 1.82) is 5.41 Å². The van der Waals surface area contributed by atoms with E-state index in [1.54, 1.807) is 6.29 Å². The van der Waals surface area contributed by atoms with Gasteiger partial charge in [-0.2, -0.15) is 0 Å². The van der Waals surface area contributed by atoms with Crippen molar-refractivity contribution in [1.82, 2.24) is 5.32 Å². The highest BCUT2D eigenvalue weighted by Gasteiger charge is 2.00. The first kappa shape index (κ1) is 11.4. The lowest BCUT2D eigenvalue weighted by molar-refractivity contribution is 0.554. The van der Waals surface area contributed by atoms with Crippen LogP contribution in [0.2, 0.25) is 0 Å². The molecule has 3 nitrogen and oxygen atoms in total. The first-order valence-electron chi connectivity index (χ1n) is 4.86. The third kappa shape index (κ3) is 3.54. The average Bonchev–Trinajstić information content (AvgIpc) is 2.20. The van der Waals surface area contributed by atoms with Gasteiger partial charge in [0.25, 0.3) is 0 Å². The SMILES string of the molecule is Cc1ccc(CC(=N)NC[C]=O)cc1C. The normalized spacial score (nSPS) is 9.73. The Morgan fingerprint density at radius 1 is 1.40 bits per heavy atom. The molecule has 0 fully saturated rings. The fourth-order valence-corrected chi connectivity index (χ4v) is 1.32. The zero-order valence-electron chi connectivity index (χ0n) is 9.05. The molecule has 0 saturated heterocycles. The van der Waals surface area contributed by atoms with Crippen LogP contribution in [0, 0.1) is 19.3 Å². The van der Waals surface area contributed by atoms with Crippen LogP contribution in [0.1, 0.15) is 16.7 Å². The van der Waals surface area contributed by atoms with Crippen LogP contribution in [0.5, 0.6) is 0 Å². The van der Waals surface area contributed by atoms with Crippen LogP contribution in [-0.2, 0) is 11.2 Å². The van der Waals surface area contributed by atoms with E-state index in [0.717, 1.165) is 5.56 Å². The van der Waals surface area contributed by atoms with Gasteiger partial charge in [0.1, 0.15) is 0 Å². The van der Waals surface area contributed by atoms with E-state index in [1.807, 2.05) is 12.1 Å². The summed E-state index contributed by atoms with van der Waals surface area (Å²) in [5, 5.41) is 10.2. The molecule has 1 radical (unpaired) electrons. The van der Waals surface area contributed by atoms with E-state index in [4.69, 9.17) is 5.41 Å². The van der Waals surface area contributed by atoms with Crippen molar-refractivity contribution in [3.8, 4) is 0 Å². The summed E-state index contributed by atoms with van der Waals surface area (Å²) in [6.07, 6.45) is 2.23. The maximum Gasteiger partial charge on any atom is 0.219 e. The Labute approximate surface area is 90.0 Å². The van der Waals surface area contributed by atoms with E-state index in [-0.39, 0.29) is 6.54 Å². The van der Waals surface area contributed by atoms with Crippen LogP contribution >= 0.6 is 0 Å². The molecule has 15 heavy (non-hydrogen) atoms. The maximum atomic E-state index is 9.98. The Kier molecular flexibility index (Phi) is 4.03. The molecule has 0 spiro atoms. The standard InChI is InChI=1S/C12H15N2O/c1-9-3-4-11(7-10(9)2)8-12(13)14-5-6-15/h3-4,7H,5,8H2,1-2H3,(H2,13,14). The molecular formula is C12H15N2O. The number of nitrogens with one attached hydrogen (secondary N) is 2. The lowest BCUT2D eigenvalue weighted by atomic mass is 10.0. The summed E-state index contributed by atoms with van der Waals surface area (Å²) in [6.45, 7) is 4.20. The highest BCUT2D eigenvalue weighted by Crippen LogP contribution is 2.10. The summed E-state index contributed by atoms with van der Waals surface area (Å²) >= 11 is 0. The quantitative estimate of drug-likeness (QED) is 0.576. The van der Waals surface area contributed by atoms with Crippen molar-refractivity contribution in [3.63, 3.8) is 0 Å². The topological polar surface area (TPSA) is 53.0 Å². The molecule has 0 aliphatic heterocycles. The second-order valence-electron chi connectivity index (χ2n) is 3.57. The zero-order chi connectivity index (χ0) is 11.3. The van der Waals surface area contributed by atoms with E-state index < -0.39 is 0 Å². The Balaban J connectivity index is 2.60. The molecule has 0 atom stereocenters. The van der Waals surface area contributed by atoms with Gasteiger partial charge in [-0.3, -0.25) is 10.2 Å². The second kappa shape index (κ2) is 5.29. The molecule has 1 rings (SSSR count). The minimum atomic E-state index is 0.0870. The molecule has 0 saturated carbocycles. The van der Waals surface area contributed by atoms with Crippen LogP contribution in [0.25, 0.3) is 0 Å². The molecule has 1 aromatic carbocycles. The largest absolute Gasteiger partial charge is 0.366 e. The number of benzene rings is 1. The summed E-state index contributed by atoms with van der Waals surface area (Å²) in [5.74, 6) is 0.349. The predicted molar refractivity (Wildman–Crippen MR) is 61.0 cm³/mol. The lowest BCUT2D eigenvalue weighted by Crippen LogP contribution is -2.26. The number of amidine groups is 1. The Hall–Kier alpha value is -1.64. The van der Waals surface area contributed by atoms with Crippen molar-refractivity contribution in [2.24, 2.45) is 0 Å². The smallest absolute Gasteiger partial charge is 0.219 e. The van der Waals surface area contributed by atoms with Gasteiger partial charge in [0, 0.05) is 6.42 Å². The minimum absolute atomic E-state index is 0.0870. The first-order valence-corrected chi connectivity index (χ1v) is 4.86. The molecule has 0 aliphatic rings. The van der Waals surface area contributed by atoms with Crippen molar-refractivity contribution in [3.05, 3.63) is 34.9 Å². The van der Waals surface area contributed by atoms with E-state index in [9.17, 15) is 4.79 Å². The van der Waals surface area contributed by atoms with Crippen LogP contribution in [-0.4, -0.2) is 18.7 Å². The van der Waals surface area contributed by atoms with E-state index in [2.05, 4.69) is 25.2 Å². The maximum absolute atomic E-state index is 9.98. The fourth-order valence-electron chi connectivity index (χ4n) is 1.32. The van der Waals surface area contributed by atoms with Crippen molar-refractivity contribution in [2.45, 2.75) is 20.3 Å². The van der Waals surface area contributed by atoms with Gasteiger partial charge in [-0.05, 0) is 30.5 Å². The van der Waals surface area contributed by atoms with Gasteiger partial charge in [0.2, 0.25) is 6.29 Å². The molecule has 0 aliphatic carbocycles. The molecule has 0 unspecified atom stereocenters. The second-order valence-corrected chi connectivity index (χ2v) is 3.57. The predicted octanol–water partition coefficient (Wildman–Crippen LogP) is 1.52. The molecule has 0 aromatic heterocycles. The van der Waals surface area contributed by atoms with Gasteiger partial charge in [-0.15, -0.1) is 0 Å². The highest BCUT2D eigenvalue weighted by molar-refractivity contribution is 5.83. The molecule has 2 N–H and O–H groups in total. The molecule has 0 amide bonds. The summed E-state index contributed by atoms with van der Waals surface area (Å²) in [7, 11) is 0. The van der Waals surface area contributed by atoms with Gasteiger partial charge in [-0.1, -0.05) is 18.2 Å². The van der Waals surface area contributed by atoms with E-state index >= 15 is 0 Å². The number of aryl methyl sites for hydroxylation is 2. The zero-order valence-corrected chi connectivity index (χ0v) is 9.05. The van der Waals surface area contributed by atoms with Gasteiger partial charge in [-0.25, -0.2) is 0 Å². The monoisotopic (exact) mass is 203 g/mol. The fraction of sp³-hybridized carbons (Fsp3) is 0.333. The minimum Gasteiger partial charge on any atom is -0.366 e. The Bertz CT molecular complexity index is 372. The summed E-state index contributed by atoms with van der Waals surface area (Å²) in [5.41, 5.74) is 3.56. The third-order valence-corrected chi connectivity index (χ3v) is 2.33. The van der Waals surface area contributed by atoms with Crippen molar-refractivity contribution >= 4 is 12.1 Å². The van der Waals surface area contributed by atoms with Crippen LogP contribution in [0.4, 0.5) is 0 Å². The van der Waals surface area contributed by atoms with Gasteiger partial charge >= 0.3 is 0 Å². The lowest BCUT2D eigenvalue weighted by Gasteiger charge is -2.07. The van der Waals surface area contributed by atoms with Gasteiger partial charge in [0.05, 0.1) is 12.4 Å². The molecule has 0 bridgehead atoms. The highest BCUT2D eigenvalue weighted by atomic mass is 16.1. The van der Waals surface area contributed by atoms with Crippen molar-refractivity contribution < 1.29 is 4.79 Å². The van der Waals surface area contributed by atoms with E-state index in [0.29, 0.717) is 12.3 Å². The van der Waals surface area contributed by atoms with Gasteiger partial charge < -0.3 is 5.32 Å². The molecule has 79 valence electrons. The van der Waals surface area contributed by atoms with Crippen molar-refractivity contribution in [2.75, 3.05) is 6.54 Å². The molecular weight excluding hydrogens is 188 g/mol. The molecule has 0 heterocycles. The third-order valence-electron chi connectivity index (χ3n) is 2.33. The van der Waals surface area contributed by atoms with Crippen LogP contribution in [0.3, 0.4) is 0 Å². The number of carbonyl (C=O) groups excluding carboxylic acids is 1. The number of hydrogen-bond donors (Lipinski definition) is 2. The number of rotatable bonds is 4. The number of hydrogen-bond acceptors (Lipinski definition) is 2.